The number of esters is 1. The summed E-state index contributed by atoms with van der Waals surface area (Å²) >= 11 is 4.39. The molecule has 0 aromatic heterocycles. The molecule has 0 radical (unpaired) electrons. The second-order valence-electron chi connectivity index (χ2n) is 2.22. The molecule has 4 nitrogen and oxygen atoms in total. The number of carbonyl (C=O) groups excluding carboxylic acids is 2. The third-order valence-electron chi connectivity index (χ3n) is 1.05. The standard InChI is InChI=1S/C7H10O4S/c1-5(8)4-6(9)7(10)11-2-3-12/h3,6,9H,2,4H2,1H3. The van der Waals surface area contributed by atoms with Crippen molar-refractivity contribution in [3.63, 3.8) is 0 Å². The van der Waals surface area contributed by atoms with Gasteiger partial charge in [-0.25, -0.2) is 4.79 Å². The molecular weight excluding hydrogens is 180 g/mol. The molecule has 0 aromatic rings. The van der Waals surface area contributed by atoms with Crippen LogP contribution >= 0.6 is 12.2 Å². The summed E-state index contributed by atoms with van der Waals surface area (Å²) in [6, 6.07) is 0. The summed E-state index contributed by atoms with van der Waals surface area (Å²) in [7, 11) is 0. The van der Waals surface area contributed by atoms with E-state index < -0.39 is 12.1 Å². The smallest absolute Gasteiger partial charge is 0.335 e. The van der Waals surface area contributed by atoms with Gasteiger partial charge in [0.25, 0.3) is 0 Å². The van der Waals surface area contributed by atoms with Crippen LogP contribution in [-0.4, -0.2) is 34.9 Å². The Morgan fingerprint density at radius 3 is 2.67 bits per heavy atom. The van der Waals surface area contributed by atoms with Gasteiger partial charge >= 0.3 is 5.97 Å². The Balaban J connectivity index is 3.76. The average molecular weight is 190 g/mol. The first-order valence-corrected chi connectivity index (χ1v) is 3.83. The Morgan fingerprint density at radius 2 is 2.25 bits per heavy atom. The number of ether oxygens (including phenoxy) is 1. The first-order chi connectivity index (χ1) is 5.57. The third-order valence-corrected chi connectivity index (χ3v) is 1.18. The zero-order chi connectivity index (χ0) is 9.56. The topological polar surface area (TPSA) is 63.6 Å². The lowest BCUT2D eigenvalue weighted by atomic mass is 10.2. The summed E-state index contributed by atoms with van der Waals surface area (Å²) in [5.74, 6) is -1.08. The van der Waals surface area contributed by atoms with Gasteiger partial charge in [-0.1, -0.05) is 12.2 Å². The van der Waals surface area contributed by atoms with Gasteiger partial charge in [0.1, 0.15) is 12.4 Å². The predicted molar refractivity (Wildman–Crippen MR) is 45.9 cm³/mol. The molecule has 0 aliphatic carbocycles. The molecular formula is C7H10O4S. The van der Waals surface area contributed by atoms with E-state index in [2.05, 4.69) is 17.0 Å². The lowest BCUT2D eigenvalue weighted by Crippen LogP contribution is -2.25. The number of rotatable bonds is 5. The van der Waals surface area contributed by atoms with E-state index in [0.717, 1.165) is 0 Å². The van der Waals surface area contributed by atoms with Crippen molar-refractivity contribution in [2.24, 2.45) is 0 Å². The molecule has 0 heterocycles. The summed E-state index contributed by atoms with van der Waals surface area (Å²) in [5, 5.41) is 10.2. The van der Waals surface area contributed by atoms with Crippen LogP contribution in [0.25, 0.3) is 0 Å². The van der Waals surface area contributed by atoms with E-state index in [1.807, 2.05) is 0 Å². The van der Waals surface area contributed by atoms with Gasteiger partial charge in [0.05, 0.1) is 0 Å². The fraction of sp³-hybridized carbons (Fsp3) is 0.571. The van der Waals surface area contributed by atoms with Crippen LogP contribution in [0.4, 0.5) is 0 Å². The van der Waals surface area contributed by atoms with E-state index in [0.29, 0.717) is 0 Å². The van der Waals surface area contributed by atoms with Gasteiger partial charge in [0.15, 0.2) is 6.10 Å². The number of ketones is 1. The lowest BCUT2D eigenvalue weighted by molar-refractivity contribution is -0.153. The number of hydrogen-bond donors (Lipinski definition) is 1. The Labute approximate surface area is 75.5 Å². The minimum absolute atomic E-state index is 0.0247. The molecule has 68 valence electrons. The Morgan fingerprint density at radius 1 is 1.67 bits per heavy atom. The van der Waals surface area contributed by atoms with Crippen molar-refractivity contribution in [2.75, 3.05) is 6.61 Å². The van der Waals surface area contributed by atoms with Crippen molar-refractivity contribution in [2.45, 2.75) is 19.4 Å². The average Bonchev–Trinajstić information content (AvgIpc) is 1.98. The Hall–Kier alpha value is -0.810. The van der Waals surface area contributed by atoms with Crippen LogP contribution in [0.1, 0.15) is 13.3 Å². The van der Waals surface area contributed by atoms with Crippen LogP contribution in [0.3, 0.4) is 0 Å². The monoisotopic (exact) mass is 190 g/mol. The van der Waals surface area contributed by atoms with Crippen LogP contribution < -0.4 is 0 Å². The second kappa shape index (κ2) is 5.79. The SMILES string of the molecule is CC(=O)CC(O)C(=O)OCC=S. The third kappa shape index (κ3) is 4.92. The molecule has 0 bridgehead atoms. The van der Waals surface area contributed by atoms with Gasteiger partial charge in [-0.3, -0.25) is 4.79 Å². The Bertz CT molecular complexity index is 190. The largest absolute Gasteiger partial charge is 0.459 e. The minimum Gasteiger partial charge on any atom is -0.459 e. The number of hydrogen-bond acceptors (Lipinski definition) is 5. The van der Waals surface area contributed by atoms with E-state index in [9.17, 15) is 9.59 Å². The molecule has 0 saturated carbocycles. The highest BCUT2D eigenvalue weighted by Crippen LogP contribution is 1.95. The zero-order valence-electron chi connectivity index (χ0n) is 6.65. The van der Waals surface area contributed by atoms with Crippen molar-refractivity contribution in [3.8, 4) is 0 Å². The van der Waals surface area contributed by atoms with Crippen molar-refractivity contribution in [1.82, 2.24) is 0 Å². The summed E-state index contributed by atoms with van der Waals surface area (Å²) < 4.78 is 4.45. The molecule has 0 saturated heterocycles. The second-order valence-corrected chi connectivity index (χ2v) is 2.55. The van der Waals surface area contributed by atoms with Gasteiger partial charge in [0.2, 0.25) is 0 Å². The van der Waals surface area contributed by atoms with E-state index in [4.69, 9.17) is 5.11 Å². The summed E-state index contributed by atoms with van der Waals surface area (Å²) in [4.78, 5) is 21.2. The van der Waals surface area contributed by atoms with Crippen LogP contribution in [0.5, 0.6) is 0 Å². The predicted octanol–water partition coefficient (Wildman–Crippen LogP) is -0.131. The van der Waals surface area contributed by atoms with E-state index in [1.165, 1.54) is 12.3 Å². The minimum atomic E-state index is -1.36. The van der Waals surface area contributed by atoms with Gasteiger partial charge < -0.3 is 9.84 Å². The number of thiocarbonyl (C=S) groups is 1. The van der Waals surface area contributed by atoms with Crippen LogP contribution in [0.2, 0.25) is 0 Å². The quantitative estimate of drug-likeness (QED) is 0.483. The highest BCUT2D eigenvalue weighted by atomic mass is 32.1. The molecule has 0 aliphatic rings. The van der Waals surface area contributed by atoms with Crippen molar-refractivity contribution < 1.29 is 19.4 Å². The highest BCUT2D eigenvalue weighted by Gasteiger charge is 2.17. The first kappa shape index (κ1) is 11.2. The van der Waals surface area contributed by atoms with E-state index in [-0.39, 0.29) is 18.8 Å². The molecule has 0 aromatic carbocycles. The summed E-state index contributed by atoms with van der Waals surface area (Å²) in [6.07, 6.45) is -1.58. The lowest BCUT2D eigenvalue weighted by Gasteiger charge is -2.06. The van der Waals surface area contributed by atoms with Crippen LogP contribution in [0.15, 0.2) is 0 Å². The number of aliphatic hydroxyl groups is 1. The van der Waals surface area contributed by atoms with Crippen LogP contribution in [0, 0.1) is 0 Å². The first-order valence-electron chi connectivity index (χ1n) is 3.35. The molecule has 0 rings (SSSR count). The number of aliphatic hydroxyl groups excluding tert-OH is 1. The molecule has 1 unspecified atom stereocenters. The molecule has 0 aliphatic heterocycles. The van der Waals surface area contributed by atoms with Gasteiger partial charge in [-0.15, -0.1) is 0 Å². The molecule has 0 amide bonds. The molecule has 0 spiro atoms. The Kier molecular flexibility index (Phi) is 5.40. The van der Waals surface area contributed by atoms with Crippen molar-refractivity contribution >= 4 is 29.3 Å². The number of Topliss-reactive ketones (excluding diaryl/α,β-unsaturated/α-hetero) is 1. The highest BCUT2D eigenvalue weighted by molar-refractivity contribution is 7.79. The maximum atomic E-state index is 10.7. The van der Waals surface area contributed by atoms with E-state index >= 15 is 0 Å². The number of carbonyl (C=O) groups is 2. The van der Waals surface area contributed by atoms with Gasteiger partial charge in [0, 0.05) is 11.8 Å². The maximum absolute atomic E-state index is 10.7. The summed E-state index contributed by atoms with van der Waals surface area (Å²) in [5.41, 5.74) is 0. The molecule has 5 heteroatoms. The van der Waals surface area contributed by atoms with E-state index in [1.54, 1.807) is 0 Å². The van der Waals surface area contributed by atoms with Gasteiger partial charge in [-0.2, -0.15) is 0 Å². The fourth-order valence-electron chi connectivity index (χ4n) is 0.568. The molecule has 12 heavy (non-hydrogen) atoms. The zero-order valence-corrected chi connectivity index (χ0v) is 7.47. The maximum Gasteiger partial charge on any atom is 0.335 e. The van der Waals surface area contributed by atoms with Crippen molar-refractivity contribution in [1.29, 1.82) is 0 Å². The normalized spacial score (nSPS) is 11.8. The van der Waals surface area contributed by atoms with Gasteiger partial charge in [-0.05, 0) is 6.92 Å². The molecule has 1 N–H and O–H groups in total. The van der Waals surface area contributed by atoms with Crippen LogP contribution in [-0.2, 0) is 14.3 Å². The molecule has 0 fully saturated rings. The summed E-state index contributed by atoms with van der Waals surface area (Å²) in [6.45, 7) is 1.26. The molecule has 1 atom stereocenters. The van der Waals surface area contributed by atoms with Crippen molar-refractivity contribution in [3.05, 3.63) is 0 Å². The fourth-order valence-corrected chi connectivity index (χ4v) is 0.636.